The summed E-state index contributed by atoms with van der Waals surface area (Å²) < 4.78 is 94.6. The predicted octanol–water partition coefficient (Wildman–Crippen LogP) is 5.83. The molecule has 0 aliphatic carbocycles. The van der Waals surface area contributed by atoms with Gasteiger partial charge in [0.05, 0.1) is 70.6 Å². The zero-order valence-corrected chi connectivity index (χ0v) is 46.5. The molecule has 0 saturated carbocycles. The molecule has 2 N–H and O–H groups in total. The fourth-order valence-electron chi connectivity index (χ4n) is 10.3. The lowest BCUT2D eigenvalue weighted by molar-refractivity contribution is -0.142. The van der Waals surface area contributed by atoms with Gasteiger partial charge in [0.1, 0.15) is 32.3 Å². The van der Waals surface area contributed by atoms with Crippen LogP contribution in [0.5, 0.6) is 0 Å². The number of ether oxygens (including phenoxy) is 2. The molecule has 4 heterocycles. The van der Waals surface area contributed by atoms with Crippen molar-refractivity contribution in [2.75, 3.05) is 115 Å². The summed E-state index contributed by atoms with van der Waals surface area (Å²) in [6.45, 7) is 3.96. The molecule has 85 heavy (non-hydrogen) atoms. The molecule has 26 heteroatoms. The Balaban J connectivity index is 1.03. The van der Waals surface area contributed by atoms with E-state index in [1.807, 2.05) is 12.1 Å². The fourth-order valence-corrected chi connectivity index (χ4v) is 10.3. The van der Waals surface area contributed by atoms with E-state index in [0.29, 0.717) is 45.3 Å². The standard InChI is InChI=1S/C59H60F6N10O10/c1-5-42(15-12-38(2)34-66)52-50(54(80)84-30-28-76)39(3)74(46-10-6-8-44(32-46)58(60,61)62)56(82)72(52)36-48(78)70-24-20-68(21-25-70)18-19-69-22-26-71(27-23-69)49(79)37-73-53(43-16-13-41(35-67)14-17-43)51(55(81)85-31-29-77)40(4)75(57(73)83)47-11-7-9-45(33-47)59(63,64)65/h1,6-17,32-33,52-53,76-77H,18-31,36-37H2,2-4H3/b38-12+,42-15+. The van der Waals surface area contributed by atoms with Crippen molar-refractivity contribution in [2.24, 2.45) is 0 Å². The van der Waals surface area contributed by atoms with Crippen molar-refractivity contribution in [1.82, 2.24) is 29.4 Å². The number of terminal acetylenes is 1. The zero-order chi connectivity index (χ0) is 61.9. The van der Waals surface area contributed by atoms with Gasteiger partial charge in [0.25, 0.3) is 0 Å². The molecule has 4 aliphatic rings. The van der Waals surface area contributed by atoms with Crippen molar-refractivity contribution < 1.29 is 74.8 Å². The molecule has 0 aromatic heterocycles. The van der Waals surface area contributed by atoms with Gasteiger partial charge in [0.15, 0.2) is 0 Å². The number of hydrogen-bond donors (Lipinski definition) is 2. The minimum Gasteiger partial charge on any atom is -0.460 e. The predicted molar refractivity (Wildman–Crippen MR) is 294 cm³/mol. The largest absolute Gasteiger partial charge is 0.460 e. The minimum atomic E-state index is -4.82. The molecule has 6 amide bonds. The number of carbonyl (C=O) groups excluding carboxylic acids is 6. The summed E-state index contributed by atoms with van der Waals surface area (Å²) in [4.78, 5) is 96.9. The first-order valence-corrected chi connectivity index (χ1v) is 26.7. The molecule has 3 aromatic rings. The number of alkyl halides is 6. The number of aliphatic hydroxyl groups is 2. The number of allylic oxidation sites excluding steroid dienone is 5. The number of esters is 2. The van der Waals surface area contributed by atoms with E-state index in [0.717, 1.165) is 49.9 Å². The van der Waals surface area contributed by atoms with Crippen LogP contribution in [0.2, 0.25) is 0 Å². The van der Waals surface area contributed by atoms with Crippen LogP contribution in [0.3, 0.4) is 0 Å². The van der Waals surface area contributed by atoms with E-state index < -0.39 is 111 Å². The molecule has 7 rings (SSSR count). The van der Waals surface area contributed by atoms with Gasteiger partial charge in [0, 0.05) is 88.0 Å². The Morgan fingerprint density at radius 1 is 0.659 bits per heavy atom. The zero-order valence-electron chi connectivity index (χ0n) is 46.5. The maximum Gasteiger partial charge on any atom is 0.416 e. The molecule has 4 aliphatic heterocycles. The summed E-state index contributed by atoms with van der Waals surface area (Å²) in [7, 11) is 0. The van der Waals surface area contributed by atoms with E-state index in [-0.39, 0.29) is 82.4 Å². The first-order valence-electron chi connectivity index (χ1n) is 26.7. The highest BCUT2D eigenvalue weighted by atomic mass is 19.4. The molecule has 448 valence electrons. The lowest BCUT2D eigenvalue weighted by atomic mass is 9.92. The molecule has 2 unspecified atom stereocenters. The number of piperazine rings is 2. The van der Waals surface area contributed by atoms with Crippen LogP contribution in [0.1, 0.15) is 49.1 Å². The quantitative estimate of drug-likeness (QED) is 0.0502. The molecule has 2 atom stereocenters. The summed E-state index contributed by atoms with van der Waals surface area (Å²) in [5.74, 6) is -0.789. The van der Waals surface area contributed by atoms with Gasteiger partial charge >= 0.3 is 36.4 Å². The number of aliphatic hydroxyl groups excluding tert-OH is 2. The second kappa shape index (κ2) is 27.6. The number of hydrogen-bond acceptors (Lipinski definition) is 14. The van der Waals surface area contributed by atoms with E-state index in [1.54, 1.807) is 0 Å². The van der Waals surface area contributed by atoms with Crippen molar-refractivity contribution in [3.63, 3.8) is 0 Å². The van der Waals surface area contributed by atoms with E-state index in [1.165, 1.54) is 79.1 Å². The van der Waals surface area contributed by atoms with Gasteiger partial charge in [-0.1, -0.05) is 30.2 Å². The normalized spacial score (nSPS) is 18.8. The highest BCUT2D eigenvalue weighted by Gasteiger charge is 2.47. The number of amides is 6. The Morgan fingerprint density at radius 3 is 1.54 bits per heavy atom. The van der Waals surface area contributed by atoms with E-state index in [9.17, 15) is 75.8 Å². The maximum absolute atomic E-state index is 14.7. The topological polar surface area (TPSA) is 235 Å². The fraction of sp³-hybridized carbons (Fsp3) is 0.390. The van der Waals surface area contributed by atoms with Gasteiger partial charge in [-0.2, -0.15) is 36.9 Å². The highest BCUT2D eigenvalue weighted by molar-refractivity contribution is 6.06. The van der Waals surface area contributed by atoms with E-state index >= 15 is 0 Å². The second-order valence-electron chi connectivity index (χ2n) is 20.0. The highest BCUT2D eigenvalue weighted by Crippen LogP contribution is 2.42. The average Bonchev–Trinajstić information content (AvgIpc) is 0.979. The van der Waals surface area contributed by atoms with Crippen LogP contribution >= 0.6 is 0 Å². The molecule has 0 bridgehead atoms. The SMILES string of the molecule is C#C/C(=C\C=C(/C)C#N)C1C(C(=O)OCCO)=C(C)N(c2cccc(C(F)(F)F)c2)C(=O)N1CC(=O)N1CCN(CCN2CCN(C(=O)CN3C(=O)N(c4cccc(C(F)(F)F)c4)C(C)=C(C(=O)OCCO)C3c3ccc(C#N)cc3)CC2)CC1. The second-order valence-corrected chi connectivity index (χ2v) is 20.0. The Bertz CT molecular complexity index is 3310. The third kappa shape index (κ3) is 14.7. The van der Waals surface area contributed by atoms with Crippen LogP contribution in [-0.2, 0) is 41.0 Å². The number of urea groups is 2. The van der Waals surface area contributed by atoms with Crippen LogP contribution in [0, 0.1) is 35.0 Å². The Morgan fingerprint density at radius 2 is 1.11 bits per heavy atom. The number of halogens is 6. The summed E-state index contributed by atoms with van der Waals surface area (Å²) in [5.41, 5.74) is -2.83. The van der Waals surface area contributed by atoms with Crippen LogP contribution in [-0.4, -0.2) is 186 Å². The first kappa shape index (κ1) is 63.6. The lowest BCUT2D eigenvalue weighted by Gasteiger charge is -2.44. The summed E-state index contributed by atoms with van der Waals surface area (Å²) in [6.07, 6.45) is -1.01. The van der Waals surface area contributed by atoms with E-state index in [2.05, 4.69) is 15.7 Å². The average molecular weight is 1180 g/mol. The molecule has 2 saturated heterocycles. The number of nitriles is 2. The van der Waals surface area contributed by atoms with Crippen molar-refractivity contribution in [3.8, 4) is 24.5 Å². The number of nitrogens with zero attached hydrogens (tertiary/aromatic N) is 10. The Hall–Kier alpha value is -9.00. The summed E-state index contributed by atoms with van der Waals surface area (Å²) in [6, 6.07) is 12.8. The van der Waals surface area contributed by atoms with Gasteiger partial charge in [0.2, 0.25) is 11.8 Å². The van der Waals surface area contributed by atoms with Crippen LogP contribution in [0.25, 0.3) is 0 Å². The van der Waals surface area contributed by atoms with Crippen molar-refractivity contribution in [1.29, 1.82) is 10.5 Å². The Kier molecular flexibility index (Phi) is 20.6. The van der Waals surface area contributed by atoms with Crippen LogP contribution < -0.4 is 9.80 Å². The first-order chi connectivity index (χ1) is 40.4. The monoisotopic (exact) mass is 1180 g/mol. The number of rotatable bonds is 18. The van der Waals surface area contributed by atoms with Crippen molar-refractivity contribution >= 4 is 47.2 Å². The molecule has 0 spiro atoms. The smallest absolute Gasteiger partial charge is 0.416 e. The van der Waals surface area contributed by atoms with E-state index in [4.69, 9.17) is 15.9 Å². The lowest BCUT2D eigenvalue weighted by Crippen LogP contribution is -2.59. The van der Waals surface area contributed by atoms with Crippen molar-refractivity contribution in [3.05, 3.63) is 141 Å². The summed E-state index contributed by atoms with van der Waals surface area (Å²) >= 11 is 0. The summed E-state index contributed by atoms with van der Waals surface area (Å²) in [5, 5.41) is 38.0. The third-order valence-electron chi connectivity index (χ3n) is 14.7. The molecule has 2 fully saturated rings. The molecule has 3 aromatic carbocycles. The number of benzene rings is 3. The molecule has 0 radical (unpaired) electrons. The number of carbonyl (C=O) groups is 6. The maximum atomic E-state index is 14.7. The van der Waals surface area contributed by atoms with Gasteiger partial charge < -0.3 is 39.3 Å². The van der Waals surface area contributed by atoms with Gasteiger partial charge in [-0.15, -0.1) is 6.42 Å². The van der Waals surface area contributed by atoms with Gasteiger partial charge in [-0.25, -0.2) is 19.2 Å². The van der Waals surface area contributed by atoms with Gasteiger partial charge in [-0.05, 0) is 87.0 Å². The Labute approximate surface area is 485 Å². The van der Waals surface area contributed by atoms with Crippen LogP contribution in [0.15, 0.2) is 119 Å². The van der Waals surface area contributed by atoms with Gasteiger partial charge in [-0.3, -0.25) is 29.2 Å². The minimum absolute atomic E-state index is 0.0698. The van der Waals surface area contributed by atoms with Crippen molar-refractivity contribution in [2.45, 2.75) is 45.2 Å². The van der Waals surface area contributed by atoms with Crippen LogP contribution in [0.4, 0.5) is 47.3 Å². The third-order valence-corrected chi connectivity index (χ3v) is 14.7. The molecular formula is C59H60F6N10O10. The number of anilines is 2. The molecular weight excluding hydrogens is 1120 g/mol. The molecule has 20 nitrogen and oxygen atoms in total.